The van der Waals surface area contributed by atoms with Crippen molar-refractivity contribution in [2.45, 2.75) is 44.9 Å². The van der Waals surface area contributed by atoms with Crippen LogP contribution in [0.25, 0.3) is 22.6 Å². The summed E-state index contributed by atoms with van der Waals surface area (Å²) in [5.74, 6) is 1.69. The van der Waals surface area contributed by atoms with Gasteiger partial charge in [0.2, 0.25) is 5.89 Å². The molecule has 172 valence electrons. The molecule has 6 rings (SSSR count). The minimum Gasteiger partial charge on any atom is -0.339 e. The third-order valence-corrected chi connectivity index (χ3v) is 7.74. The Morgan fingerprint density at radius 1 is 1.12 bits per heavy atom. The van der Waals surface area contributed by atoms with Crippen LogP contribution in [-0.2, 0) is 6.42 Å². The van der Waals surface area contributed by atoms with E-state index in [1.165, 1.54) is 10.5 Å². The van der Waals surface area contributed by atoms with Crippen molar-refractivity contribution in [2.24, 2.45) is 0 Å². The highest BCUT2D eigenvalue weighted by molar-refractivity contribution is 7.10. The molecule has 1 aliphatic heterocycles. The van der Waals surface area contributed by atoms with Crippen molar-refractivity contribution in [3.8, 4) is 0 Å². The quantitative estimate of drug-likeness (QED) is 0.374. The van der Waals surface area contributed by atoms with Crippen molar-refractivity contribution in [2.75, 3.05) is 13.1 Å². The van der Waals surface area contributed by atoms with Gasteiger partial charge in [0, 0.05) is 29.3 Å². The van der Waals surface area contributed by atoms with Crippen LogP contribution in [0.2, 0.25) is 0 Å². The molecule has 2 aliphatic rings. The van der Waals surface area contributed by atoms with Gasteiger partial charge in [-0.05, 0) is 73.8 Å². The van der Waals surface area contributed by atoms with E-state index in [1.54, 1.807) is 11.3 Å². The van der Waals surface area contributed by atoms with Crippen LogP contribution in [0, 0.1) is 6.92 Å². The molecular formula is C27H26N4O2S. The Morgan fingerprint density at radius 3 is 2.74 bits per heavy atom. The first kappa shape index (κ1) is 21.2. The number of carbonyl (C=O) groups excluding carboxylic acids is 1. The highest BCUT2D eigenvalue weighted by Gasteiger charge is 2.31. The van der Waals surface area contributed by atoms with E-state index >= 15 is 0 Å². The molecule has 1 fully saturated rings. The van der Waals surface area contributed by atoms with Gasteiger partial charge in [0.15, 0.2) is 5.82 Å². The smallest absolute Gasteiger partial charge is 0.254 e. The van der Waals surface area contributed by atoms with Gasteiger partial charge in [-0.25, -0.2) is 4.98 Å². The Balaban J connectivity index is 1.37. The summed E-state index contributed by atoms with van der Waals surface area (Å²) in [6.45, 7) is 3.22. The number of carbonyl (C=O) groups is 1. The second-order valence-electron chi connectivity index (χ2n) is 9.12. The third-order valence-electron chi connectivity index (χ3n) is 6.92. The van der Waals surface area contributed by atoms with E-state index in [-0.39, 0.29) is 11.8 Å². The van der Waals surface area contributed by atoms with Gasteiger partial charge < -0.3 is 9.42 Å². The molecular weight excluding hydrogens is 444 g/mol. The van der Waals surface area contributed by atoms with Crippen LogP contribution in [0.1, 0.15) is 69.8 Å². The van der Waals surface area contributed by atoms with Crippen LogP contribution in [0.3, 0.4) is 0 Å². The summed E-state index contributed by atoms with van der Waals surface area (Å²) in [5, 5.41) is 6.98. The number of piperidine rings is 1. The summed E-state index contributed by atoms with van der Waals surface area (Å²) in [5.41, 5.74) is 5.06. The molecule has 0 N–H and O–H groups in total. The minimum absolute atomic E-state index is 0.118. The molecule has 0 spiro atoms. The number of likely N-dealkylation sites (tertiary alicyclic amines) is 1. The zero-order valence-corrected chi connectivity index (χ0v) is 20.0. The van der Waals surface area contributed by atoms with Gasteiger partial charge in [-0.15, -0.1) is 11.3 Å². The highest BCUT2D eigenvalue weighted by Crippen LogP contribution is 2.38. The van der Waals surface area contributed by atoms with Gasteiger partial charge in [0.25, 0.3) is 5.91 Å². The van der Waals surface area contributed by atoms with Crippen molar-refractivity contribution in [3.05, 3.63) is 75.2 Å². The summed E-state index contributed by atoms with van der Waals surface area (Å²) in [6.07, 6.45) is 6.82. The number of hydrogen-bond donors (Lipinski definition) is 0. The molecule has 4 heterocycles. The van der Waals surface area contributed by atoms with Gasteiger partial charge in [-0.1, -0.05) is 29.4 Å². The minimum atomic E-state index is 0.118. The normalized spacial score (nSPS) is 17.9. The number of fused-ring (bicyclic) bond motifs is 2. The molecule has 0 bridgehead atoms. The maximum absolute atomic E-state index is 14.0. The predicted molar refractivity (Wildman–Crippen MR) is 134 cm³/mol. The van der Waals surface area contributed by atoms with E-state index in [4.69, 9.17) is 9.51 Å². The van der Waals surface area contributed by atoms with E-state index in [1.807, 2.05) is 36.1 Å². The molecule has 0 atom stereocenters. The fourth-order valence-corrected chi connectivity index (χ4v) is 5.91. The molecule has 6 nitrogen and oxygen atoms in total. The number of aryl methyl sites for hydroxylation is 1. The number of hydrogen-bond acceptors (Lipinski definition) is 6. The Bertz CT molecular complexity index is 1380. The maximum atomic E-state index is 14.0. The molecule has 1 saturated heterocycles. The lowest BCUT2D eigenvalue weighted by molar-refractivity contribution is 0.0705. The Morgan fingerprint density at radius 2 is 1.97 bits per heavy atom. The first-order chi connectivity index (χ1) is 16.7. The van der Waals surface area contributed by atoms with E-state index in [0.717, 1.165) is 59.8 Å². The SMILES string of the molecule is Cc1noc(C2CCN(C(=O)c3c4c(nc5ccccc35)/C(=C\c3cccs3)CCC4)CC2)n1. The molecule has 7 heteroatoms. The average molecular weight is 471 g/mol. The van der Waals surface area contributed by atoms with E-state index in [0.29, 0.717) is 24.8 Å². The Kier molecular flexibility index (Phi) is 5.49. The molecule has 34 heavy (non-hydrogen) atoms. The van der Waals surface area contributed by atoms with E-state index < -0.39 is 0 Å². The largest absolute Gasteiger partial charge is 0.339 e. The number of aromatic nitrogens is 3. The summed E-state index contributed by atoms with van der Waals surface area (Å²) in [7, 11) is 0. The number of para-hydroxylation sites is 1. The number of thiophene rings is 1. The zero-order chi connectivity index (χ0) is 23.1. The predicted octanol–water partition coefficient (Wildman–Crippen LogP) is 5.88. The summed E-state index contributed by atoms with van der Waals surface area (Å²) < 4.78 is 5.39. The molecule has 0 saturated carbocycles. The lowest BCUT2D eigenvalue weighted by atomic mass is 9.85. The second kappa shape index (κ2) is 8.80. The number of nitrogens with zero attached hydrogens (tertiary/aromatic N) is 4. The van der Waals surface area contributed by atoms with E-state index in [9.17, 15) is 4.79 Å². The number of pyridine rings is 1. The van der Waals surface area contributed by atoms with Crippen LogP contribution in [-0.4, -0.2) is 39.0 Å². The Labute approximate surface area is 202 Å². The van der Waals surface area contributed by atoms with Gasteiger partial charge >= 0.3 is 0 Å². The van der Waals surface area contributed by atoms with Gasteiger partial charge in [-0.3, -0.25) is 4.79 Å². The fraction of sp³-hybridized carbons (Fsp3) is 0.333. The van der Waals surface area contributed by atoms with Crippen molar-refractivity contribution >= 4 is 39.8 Å². The standard InChI is InChI=1S/C27H26N4O2S/c1-17-28-26(33-30-17)18-11-13-31(14-12-18)27(32)24-21-8-2-3-10-23(21)29-25-19(6-4-9-22(24)25)16-20-7-5-15-34-20/h2-3,5,7-8,10,15-16,18H,4,6,9,11-14H2,1H3/b19-16-. The van der Waals surface area contributed by atoms with Gasteiger partial charge in [0.1, 0.15) is 0 Å². The average Bonchev–Trinajstić information content (AvgIpc) is 3.54. The van der Waals surface area contributed by atoms with Crippen molar-refractivity contribution in [3.63, 3.8) is 0 Å². The second-order valence-corrected chi connectivity index (χ2v) is 10.1. The zero-order valence-electron chi connectivity index (χ0n) is 19.2. The number of benzene rings is 1. The van der Waals surface area contributed by atoms with Gasteiger partial charge in [-0.2, -0.15) is 4.98 Å². The monoisotopic (exact) mass is 470 g/mol. The van der Waals surface area contributed by atoms with Gasteiger partial charge in [0.05, 0.1) is 16.8 Å². The number of allylic oxidation sites excluding steroid dienone is 1. The lowest BCUT2D eigenvalue weighted by Crippen LogP contribution is -2.38. The van der Waals surface area contributed by atoms with Crippen molar-refractivity contribution in [1.82, 2.24) is 20.0 Å². The summed E-state index contributed by atoms with van der Waals surface area (Å²) >= 11 is 1.73. The third kappa shape index (κ3) is 3.84. The lowest BCUT2D eigenvalue weighted by Gasteiger charge is -2.32. The fourth-order valence-electron chi connectivity index (χ4n) is 5.23. The van der Waals surface area contributed by atoms with Crippen LogP contribution in [0.5, 0.6) is 0 Å². The van der Waals surface area contributed by atoms with Crippen LogP contribution >= 0.6 is 11.3 Å². The maximum Gasteiger partial charge on any atom is 0.254 e. The molecule has 4 aromatic rings. The first-order valence-corrected chi connectivity index (χ1v) is 12.8. The molecule has 3 aromatic heterocycles. The number of amides is 1. The number of rotatable bonds is 3. The van der Waals surface area contributed by atoms with Crippen LogP contribution < -0.4 is 0 Å². The first-order valence-electron chi connectivity index (χ1n) is 11.9. The van der Waals surface area contributed by atoms with Crippen molar-refractivity contribution in [1.29, 1.82) is 0 Å². The molecule has 0 radical (unpaired) electrons. The molecule has 1 amide bonds. The molecule has 1 aliphatic carbocycles. The Hall–Kier alpha value is -3.32. The van der Waals surface area contributed by atoms with Crippen LogP contribution in [0.4, 0.5) is 0 Å². The highest BCUT2D eigenvalue weighted by atomic mass is 32.1. The van der Waals surface area contributed by atoms with E-state index in [2.05, 4.69) is 33.7 Å². The molecule has 1 aromatic carbocycles. The summed E-state index contributed by atoms with van der Waals surface area (Å²) in [4.78, 5) is 26.7. The molecule has 0 unspecified atom stereocenters. The summed E-state index contributed by atoms with van der Waals surface area (Å²) in [6, 6.07) is 12.3. The van der Waals surface area contributed by atoms with Crippen LogP contribution in [0.15, 0.2) is 46.3 Å². The van der Waals surface area contributed by atoms with Crippen molar-refractivity contribution < 1.29 is 9.32 Å². The topological polar surface area (TPSA) is 72.1 Å².